The zero-order valence-corrected chi connectivity index (χ0v) is 20.0. The molecule has 0 aliphatic carbocycles. The van der Waals surface area contributed by atoms with Gasteiger partial charge in [-0.25, -0.2) is 4.98 Å². The number of hydrogen-bond donors (Lipinski definition) is 1. The highest BCUT2D eigenvalue weighted by atomic mass is 32.1. The van der Waals surface area contributed by atoms with E-state index in [0.29, 0.717) is 12.1 Å². The Morgan fingerprint density at radius 3 is 2.77 bits per heavy atom. The van der Waals surface area contributed by atoms with Gasteiger partial charge in [0.25, 0.3) is 5.91 Å². The number of allylic oxidation sites excluding steroid dienone is 3. The molecule has 1 amide bonds. The number of carbonyl (C=O) groups excluding carboxylic acids is 1. The molecule has 6 heteroatoms. The van der Waals surface area contributed by atoms with E-state index in [2.05, 4.69) is 34.7 Å². The second-order valence-corrected chi connectivity index (χ2v) is 7.97. The molecule has 0 spiro atoms. The van der Waals surface area contributed by atoms with E-state index in [1.165, 1.54) is 0 Å². The highest BCUT2D eigenvalue weighted by Gasteiger charge is 2.06. The Morgan fingerprint density at radius 2 is 2.16 bits per heavy atom. The van der Waals surface area contributed by atoms with Gasteiger partial charge in [0.15, 0.2) is 0 Å². The molecule has 0 fully saturated rings. The van der Waals surface area contributed by atoms with Crippen molar-refractivity contribution >= 4 is 39.9 Å². The fraction of sp³-hybridized carbons (Fsp3) is 0.320. The van der Waals surface area contributed by atoms with Crippen molar-refractivity contribution in [1.29, 1.82) is 0 Å². The second-order valence-electron chi connectivity index (χ2n) is 6.74. The molecule has 1 N–H and O–H groups in total. The van der Waals surface area contributed by atoms with Crippen LogP contribution in [0.1, 0.15) is 32.7 Å². The summed E-state index contributed by atoms with van der Waals surface area (Å²) in [6, 6.07) is 5.75. The summed E-state index contributed by atoms with van der Waals surface area (Å²) in [7, 11) is 0. The van der Waals surface area contributed by atoms with Gasteiger partial charge in [-0.1, -0.05) is 37.0 Å². The summed E-state index contributed by atoms with van der Waals surface area (Å²) in [4.78, 5) is 20.0. The van der Waals surface area contributed by atoms with Crippen LogP contribution in [0.4, 0.5) is 5.69 Å². The van der Waals surface area contributed by atoms with Gasteiger partial charge < -0.3 is 10.1 Å². The van der Waals surface area contributed by atoms with Crippen molar-refractivity contribution in [3.8, 4) is 0 Å². The van der Waals surface area contributed by atoms with E-state index in [1.807, 2.05) is 58.0 Å². The minimum absolute atomic E-state index is 0.124. The second kappa shape index (κ2) is 14.2. The summed E-state index contributed by atoms with van der Waals surface area (Å²) >= 11 is 1.65. The average molecular weight is 440 g/mol. The molecule has 5 nitrogen and oxygen atoms in total. The van der Waals surface area contributed by atoms with Gasteiger partial charge in [0.05, 0.1) is 27.9 Å². The highest BCUT2D eigenvalue weighted by molar-refractivity contribution is 7.18. The van der Waals surface area contributed by atoms with Crippen LogP contribution in [0.3, 0.4) is 0 Å². The monoisotopic (exact) mass is 439 g/mol. The topological polar surface area (TPSA) is 63.6 Å². The van der Waals surface area contributed by atoms with Gasteiger partial charge in [-0.15, -0.1) is 11.3 Å². The summed E-state index contributed by atoms with van der Waals surface area (Å²) in [5.74, 6) is -0.124. The van der Waals surface area contributed by atoms with Crippen LogP contribution in [0.5, 0.6) is 0 Å². The van der Waals surface area contributed by atoms with E-state index in [-0.39, 0.29) is 12.0 Å². The number of aryl methyl sites for hydroxylation is 1. The van der Waals surface area contributed by atoms with Gasteiger partial charge >= 0.3 is 0 Å². The molecule has 0 bridgehead atoms. The van der Waals surface area contributed by atoms with Gasteiger partial charge in [-0.05, 0) is 65.1 Å². The number of nitrogens with zero attached hydrogens (tertiary/aromatic N) is 2. The molecule has 1 atom stereocenters. The Balaban J connectivity index is 0.000000330. The number of anilines is 1. The molecule has 2 rings (SSSR count). The fourth-order valence-electron chi connectivity index (χ4n) is 2.72. The van der Waals surface area contributed by atoms with E-state index in [1.54, 1.807) is 30.4 Å². The molecule has 0 aliphatic rings. The first kappa shape index (κ1) is 26.2. The molecule has 2 aromatic rings. The molecule has 0 saturated carbocycles. The van der Waals surface area contributed by atoms with Crippen molar-refractivity contribution in [2.45, 2.75) is 40.7 Å². The largest absolute Gasteiger partial charge is 0.375 e. The number of aromatic nitrogens is 1. The fourth-order valence-corrected chi connectivity index (χ4v) is 3.53. The molecule has 0 saturated heterocycles. The Hall–Kier alpha value is -2.83. The first-order chi connectivity index (χ1) is 14.8. The third kappa shape index (κ3) is 9.68. The number of thiazole rings is 1. The van der Waals surface area contributed by atoms with Crippen molar-refractivity contribution in [1.82, 2.24) is 4.98 Å². The average Bonchev–Trinajstić information content (AvgIpc) is 3.08. The number of aliphatic imine (C=N–C) groups is 1. The summed E-state index contributed by atoms with van der Waals surface area (Å²) in [6.45, 7) is 18.2. The lowest BCUT2D eigenvalue weighted by Gasteiger charge is -2.07. The minimum Gasteiger partial charge on any atom is -0.375 e. The van der Waals surface area contributed by atoms with Crippen LogP contribution in [-0.2, 0) is 9.53 Å². The van der Waals surface area contributed by atoms with Crippen LogP contribution in [0.15, 0.2) is 71.3 Å². The van der Waals surface area contributed by atoms with Crippen LogP contribution < -0.4 is 5.32 Å². The number of carbonyl (C=O) groups is 1. The number of rotatable bonds is 9. The predicted octanol–water partition coefficient (Wildman–Crippen LogP) is 6.29. The van der Waals surface area contributed by atoms with Crippen molar-refractivity contribution < 1.29 is 9.53 Å². The first-order valence-electron chi connectivity index (χ1n) is 10.2. The summed E-state index contributed by atoms with van der Waals surface area (Å²) in [5, 5.41) is 3.86. The van der Waals surface area contributed by atoms with Crippen LogP contribution in [0.25, 0.3) is 10.2 Å². The van der Waals surface area contributed by atoms with Crippen molar-refractivity contribution in [3.63, 3.8) is 0 Å². The maximum Gasteiger partial charge on any atom is 0.251 e. The van der Waals surface area contributed by atoms with Crippen LogP contribution >= 0.6 is 11.3 Å². The normalized spacial score (nSPS) is 12.9. The van der Waals surface area contributed by atoms with E-state index < -0.39 is 0 Å². The number of amides is 1. The molecule has 0 radical (unpaired) electrons. The van der Waals surface area contributed by atoms with Gasteiger partial charge in [-0.2, -0.15) is 0 Å². The lowest BCUT2D eigenvalue weighted by Crippen LogP contribution is -2.12. The van der Waals surface area contributed by atoms with Crippen molar-refractivity contribution in [3.05, 3.63) is 71.3 Å². The van der Waals surface area contributed by atoms with Crippen molar-refractivity contribution in [2.75, 3.05) is 18.5 Å². The Labute approximate surface area is 190 Å². The third-order valence-corrected chi connectivity index (χ3v) is 4.98. The van der Waals surface area contributed by atoms with E-state index >= 15 is 0 Å². The molecule has 1 unspecified atom stereocenters. The molecular weight excluding hydrogens is 406 g/mol. The standard InChI is InChI=1S/C14H14N2OS.C11H19NO/c1-4-5-9(2)14(17)16-11-6-7-13-12(8-11)15-10(3)18-13;1-5-7-11(9-12-4)8-10(3)13-6-2/h4-8H,1H2,2-3H3,(H,16,17);5,7-8,10H,4,6,9H2,1-3H3/b9-5+;7-5-,11-8+. The SMILES string of the molecule is C=C/C=C(\C)C(=O)Nc1ccc2sc(C)nc2c1.C=NCC(/C=C\C)=C/C(C)OCC. The molecule has 1 aromatic heterocycles. The smallest absolute Gasteiger partial charge is 0.251 e. The lowest BCUT2D eigenvalue weighted by molar-refractivity contribution is -0.112. The Morgan fingerprint density at radius 1 is 1.42 bits per heavy atom. The third-order valence-electron chi connectivity index (χ3n) is 4.03. The minimum atomic E-state index is -0.124. The molecule has 166 valence electrons. The molecule has 0 aliphatic heterocycles. The number of hydrogen-bond acceptors (Lipinski definition) is 5. The number of ether oxygens (including phenoxy) is 1. The predicted molar refractivity (Wildman–Crippen MR) is 135 cm³/mol. The van der Waals surface area contributed by atoms with Gasteiger partial charge in [0, 0.05) is 17.9 Å². The summed E-state index contributed by atoms with van der Waals surface area (Å²) < 4.78 is 6.52. The number of benzene rings is 1. The molecule has 1 aromatic carbocycles. The quantitative estimate of drug-likeness (QED) is 0.284. The number of nitrogens with one attached hydrogen (secondary N) is 1. The van der Waals surface area contributed by atoms with Gasteiger partial charge in [-0.3, -0.25) is 9.79 Å². The maximum absolute atomic E-state index is 11.8. The molecular formula is C25H33N3O2S. The molecule has 31 heavy (non-hydrogen) atoms. The van der Waals surface area contributed by atoms with Crippen LogP contribution in [-0.4, -0.2) is 36.9 Å². The Bertz CT molecular complexity index is 970. The number of fused-ring (bicyclic) bond motifs is 1. The molecule has 1 heterocycles. The van der Waals surface area contributed by atoms with Crippen LogP contribution in [0.2, 0.25) is 0 Å². The van der Waals surface area contributed by atoms with Crippen molar-refractivity contribution in [2.24, 2.45) is 4.99 Å². The van der Waals surface area contributed by atoms with Crippen LogP contribution in [0, 0.1) is 6.92 Å². The zero-order valence-electron chi connectivity index (χ0n) is 19.1. The maximum atomic E-state index is 11.8. The van der Waals surface area contributed by atoms with Gasteiger partial charge in [0.1, 0.15) is 0 Å². The Kier molecular flexibility index (Phi) is 12.0. The zero-order chi connectivity index (χ0) is 23.2. The van der Waals surface area contributed by atoms with Gasteiger partial charge in [0.2, 0.25) is 0 Å². The summed E-state index contributed by atoms with van der Waals surface area (Å²) in [6.07, 6.45) is 9.53. The van der Waals surface area contributed by atoms with E-state index in [4.69, 9.17) is 4.74 Å². The first-order valence-corrected chi connectivity index (χ1v) is 11.0. The van der Waals surface area contributed by atoms with E-state index in [9.17, 15) is 4.79 Å². The summed E-state index contributed by atoms with van der Waals surface area (Å²) in [5.41, 5.74) is 3.45. The highest BCUT2D eigenvalue weighted by Crippen LogP contribution is 2.24. The van der Waals surface area contributed by atoms with E-state index in [0.717, 1.165) is 33.1 Å². The lowest BCUT2D eigenvalue weighted by atomic mass is 10.2.